The number of rotatable bonds is 5. The highest BCUT2D eigenvalue weighted by Crippen LogP contribution is 2.10. The molecule has 0 heterocycles. The summed E-state index contributed by atoms with van der Waals surface area (Å²) in [4.78, 5) is 13.6. The highest BCUT2D eigenvalue weighted by molar-refractivity contribution is 5.85. The molecule has 96 valence electrons. The summed E-state index contributed by atoms with van der Waals surface area (Å²) in [6, 6.07) is 8.14. The zero-order chi connectivity index (χ0) is 12.0. The second kappa shape index (κ2) is 8.09. The molecule has 0 aliphatic heterocycles. The van der Waals surface area contributed by atoms with E-state index in [1.807, 2.05) is 24.0 Å². The second-order valence-corrected chi connectivity index (χ2v) is 3.87. The van der Waals surface area contributed by atoms with Crippen LogP contribution < -0.4 is 5.73 Å². The number of amides is 1. The summed E-state index contributed by atoms with van der Waals surface area (Å²) in [6.45, 7) is 5.89. The largest absolute Gasteiger partial charge is 0.339 e. The number of hydrogen-bond acceptors (Lipinski definition) is 2. The Bertz CT molecular complexity index is 355. The van der Waals surface area contributed by atoms with Crippen molar-refractivity contribution in [2.24, 2.45) is 5.73 Å². The van der Waals surface area contributed by atoms with Crippen LogP contribution in [0.3, 0.4) is 0 Å². The third-order valence-electron chi connectivity index (χ3n) is 2.72. The summed E-state index contributed by atoms with van der Waals surface area (Å²) in [5.74, 6) is 0.133. The Labute approximate surface area is 109 Å². The van der Waals surface area contributed by atoms with Gasteiger partial charge in [-0.05, 0) is 25.0 Å². The topological polar surface area (TPSA) is 46.3 Å². The molecule has 3 nitrogen and oxygen atoms in total. The number of carbonyl (C=O) groups excluding carboxylic acids is 1. The van der Waals surface area contributed by atoms with Gasteiger partial charge in [0.25, 0.3) is 0 Å². The molecular formula is C13H21ClN2O. The van der Waals surface area contributed by atoms with Gasteiger partial charge in [0.2, 0.25) is 5.91 Å². The molecule has 0 bridgehead atoms. The monoisotopic (exact) mass is 256 g/mol. The molecule has 17 heavy (non-hydrogen) atoms. The van der Waals surface area contributed by atoms with Gasteiger partial charge in [0.05, 0.1) is 0 Å². The Morgan fingerprint density at radius 1 is 1.35 bits per heavy atom. The van der Waals surface area contributed by atoms with Crippen LogP contribution in [0.2, 0.25) is 0 Å². The molecule has 0 aromatic heterocycles. The normalized spacial score (nSPS) is 9.59. The summed E-state index contributed by atoms with van der Waals surface area (Å²) >= 11 is 0. The van der Waals surface area contributed by atoms with E-state index < -0.39 is 0 Å². The van der Waals surface area contributed by atoms with E-state index in [-0.39, 0.29) is 18.3 Å². The number of carbonyl (C=O) groups is 1. The van der Waals surface area contributed by atoms with Crippen molar-refractivity contribution < 1.29 is 4.79 Å². The maximum atomic E-state index is 11.7. The highest BCUT2D eigenvalue weighted by Gasteiger charge is 2.11. The zero-order valence-electron chi connectivity index (χ0n) is 10.5. The van der Waals surface area contributed by atoms with Crippen LogP contribution in [-0.2, 0) is 11.3 Å². The molecule has 1 aromatic carbocycles. The van der Waals surface area contributed by atoms with Crippen molar-refractivity contribution in [3.63, 3.8) is 0 Å². The van der Waals surface area contributed by atoms with Crippen LogP contribution in [0.25, 0.3) is 0 Å². The molecule has 2 N–H and O–H groups in total. The minimum absolute atomic E-state index is 0. The van der Waals surface area contributed by atoms with Crippen molar-refractivity contribution in [2.45, 2.75) is 26.8 Å². The Balaban J connectivity index is 0.00000256. The van der Waals surface area contributed by atoms with E-state index in [9.17, 15) is 4.79 Å². The Hall–Kier alpha value is -1.06. The Morgan fingerprint density at radius 3 is 2.53 bits per heavy atom. The molecule has 0 aliphatic rings. The van der Waals surface area contributed by atoms with E-state index in [1.165, 1.54) is 11.1 Å². The lowest BCUT2D eigenvalue weighted by Crippen LogP contribution is -2.31. The van der Waals surface area contributed by atoms with E-state index in [2.05, 4.69) is 19.1 Å². The number of aryl methyl sites for hydroxylation is 1. The van der Waals surface area contributed by atoms with Gasteiger partial charge in [-0.2, -0.15) is 0 Å². The van der Waals surface area contributed by atoms with E-state index in [0.717, 1.165) is 6.54 Å². The van der Waals surface area contributed by atoms with Gasteiger partial charge in [0.1, 0.15) is 0 Å². The van der Waals surface area contributed by atoms with Crippen molar-refractivity contribution in [1.82, 2.24) is 4.90 Å². The molecule has 4 heteroatoms. The van der Waals surface area contributed by atoms with E-state index >= 15 is 0 Å². The van der Waals surface area contributed by atoms with Crippen LogP contribution in [0.15, 0.2) is 24.3 Å². The molecule has 1 rings (SSSR count). The molecule has 1 aromatic rings. The Kier molecular flexibility index (Phi) is 7.59. The van der Waals surface area contributed by atoms with Crippen LogP contribution in [0.4, 0.5) is 0 Å². The summed E-state index contributed by atoms with van der Waals surface area (Å²) in [5, 5.41) is 0. The zero-order valence-corrected chi connectivity index (χ0v) is 11.3. The van der Waals surface area contributed by atoms with Gasteiger partial charge in [-0.25, -0.2) is 0 Å². The van der Waals surface area contributed by atoms with E-state index in [1.54, 1.807) is 0 Å². The average molecular weight is 257 g/mol. The highest BCUT2D eigenvalue weighted by atomic mass is 35.5. The maximum Gasteiger partial charge on any atom is 0.224 e. The van der Waals surface area contributed by atoms with Crippen molar-refractivity contribution in [1.29, 1.82) is 0 Å². The molecule has 0 atom stereocenters. The first-order valence-corrected chi connectivity index (χ1v) is 5.71. The minimum atomic E-state index is 0. The van der Waals surface area contributed by atoms with Gasteiger partial charge in [-0.15, -0.1) is 12.4 Å². The molecule has 0 unspecified atom stereocenters. The first-order valence-electron chi connectivity index (χ1n) is 5.71. The lowest BCUT2D eigenvalue weighted by molar-refractivity contribution is -0.131. The van der Waals surface area contributed by atoms with Crippen LogP contribution in [-0.4, -0.2) is 23.9 Å². The van der Waals surface area contributed by atoms with Crippen LogP contribution in [0.5, 0.6) is 0 Å². The van der Waals surface area contributed by atoms with Gasteiger partial charge < -0.3 is 10.6 Å². The van der Waals surface area contributed by atoms with Crippen LogP contribution in [0, 0.1) is 6.92 Å². The lowest BCUT2D eigenvalue weighted by Gasteiger charge is -2.21. The molecule has 0 fully saturated rings. The van der Waals surface area contributed by atoms with E-state index in [4.69, 9.17) is 5.73 Å². The molecule has 0 aliphatic carbocycles. The molecule has 0 radical (unpaired) electrons. The predicted molar refractivity (Wildman–Crippen MR) is 73.2 cm³/mol. The number of nitrogens with two attached hydrogens (primary N) is 1. The quantitative estimate of drug-likeness (QED) is 0.877. The smallest absolute Gasteiger partial charge is 0.224 e. The number of benzene rings is 1. The fourth-order valence-corrected chi connectivity index (χ4v) is 1.65. The molecule has 0 saturated carbocycles. The fourth-order valence-electron chi connectivity index (χ4n) is 1.65. The van der Waals surface area contributed by atoms with E-state index in [0.29, 0.717) is 19.5 Å². The van der Waals surface area contributed by atoms with Gasteiger partial charge in [0, 0.05) is 26.1 Å². The van der Waals surface area contributed by atoms with Crippen LogP contribution in [0.1, 0.15) is 24.5 Å². The number of nitrogens with zero attached hydrogens (tertiary/aromatic N) is 1. The second-order valence-electron chi connectivity index (χ2n) is 3.87. The SMILES string of the molecule is CCN(Cc1ccccc1C)C(=O)CCN.Cl. The maximum absolute atomic E-state index is 11.7. The predicted octanol–water partition coefficient (Wildman–Crippen LogP) is 2.11. The summed E-state index contributed by atoms with van der Waals surface area (Å²) in [6.07, 6.45) is 0.430. The Morgan fingerprint density at radius 2 is 2.00 bits per heavy atom. The molecule has 1 amide bonds. The van der Waals surface area contributed by atoms with Crippen molar-refractivity contribution in [3.8, 4) is 0 Å². The van der Waals surface area contributed by atoms with Crippen molar-refractivity contribution in [3.05, 3.63) is 35.4 Å². The van der Waals surface area contributed by atoms with Gasteiger partial charge in [-0.3, -0.25) is 4.79 Å². The summed E-state index contributed by atoms with van der Waals surface area (Å²) < 4.78 is 0. The first-order chi connectivity index (χ1) is 7.69. The fraction of sp³-hybridized carbons (Fsp3) is 0.462. The number of halogens is 1. The first kappa shape index (κ1) is 15.9. The molecule has 0 spiro atoms. The van der Waals surface area contributed by atoms with Gasteiger partial charge in [0.15, 0.2) is 0 Å². The molecule has 0 saturated heterocycles. The van der Waals surface area contributed by atoms with Crippen molar-refractivity contribution in [2.75, 3.05) is 13.1 Å². The van der Waals surface area contributed by atoms with Crippen LogP contribution >= 0.6 is 12.4 Å². The minimum Gasteiger partial charge on any atom is -0.339 e. The third-order valence-corrected chi connectivity index (χ3v) is 2.72. The average Bonchev–Trinajstić information content (AvgIpc) is 2.28. The lowest BCUT2D eigenvalue weighted by atomic mass is 10.1. The standard InChI is InChI=1S/C13H20N2O.ClH/c1-3-15(13(16)8-9-14)10-12-7-5-4-6-11(12)2;/h4-7H,3,8-10,14H2,1-2H3;1H. The van der Waals surface area contributed by atoms with Gasteiger partial charge >= 0.3 is 0 Å². The third kappa shape index (κ3) is 4.75. The van der Waals surface area contributed by atoms with Crippen molar-refractivity contribution >= 4 is 18.3 Å². The van der Waals surface area contributed by atoms with Gasteiger partial charge in [-0.1, -0.05) is 24.3 Å². The molecular weight excluding hydrogens is 236 g/mol. The number of hydrogen-bond donors (Lipinski definition) is 1. The summed E-state index contributed by atoms with van der Waals surface area (Å²) in [7, 11) is 0. The summed E-state index contributed by atoms with van der Waals surface area (Å²) in [5.41, 5.74) is 7.82.